The maximum atomic E-state index is 14.7. The quantitative estimate of drug-likeness (QED) is 0.677. The summed E-state index contributed by atoms with van der Waals surface area (Å²) in [6.45, 7) is 7.48. The molecule has 1 aromatic heterocycles. The topological polar surface area (TPSA) is 62.3 Å². The SMILES string of the molecule is CC(C)N1CCOc2ccc(-c3nc(Nc4ccc5c(c4)CNC5)ncc3F)cc21. The zero-order chi connectivity index (χ0) is 20.7. The highest BCUT2D eigenvalue weighted by atomic mass is 19.1. The summed E-state index contributed by atoms with van der Waals surface area (Å²) in [7, 11) is 0. The third kappa shape index (κ3) is 3.45. The molecule has 0 unspecified atom stereocenters. The first kappa shape index (κ1) is 18.8. The standard InChI is InChI=1S/C23H24FN5O/c1-14(2)29-7-8-30-21-6-4-15(10-20(21)29)22-19(24)13-26-23(28-22)27-18-5-3-16-11-25-12-17(16)9-18/h3-6,9-10,13-14,25H,7-8,11-12H2,1-2H3,(H,26,27,28). The highest BCUT2D eigenvalue weighted by molar-refractivity contribution is 5.72. The van der Waals surface area contributed by atoms with Gasteiger partial charge in [-0.3, -0.25) is 0 Å². The van der Waals surface area contributed by atoms with Gasteiger partial charge in [0.1, 0.15) is 18.1 Å². The summed E-state index contributed by atoms with van der Waals surface area (Å²) in [4.78, 5) is 10.9. The lowest BCUT2D eigenvalue weighted by atomic mass is 10.1. The van der Waals surface area contributed by atoms with E-state index < -0.39 is 5.82 Å². The van der Waals surface area contributed by atoms with Crippen LogP contribution in [0.1, 0.15) is 25.0 Å². The molecule has 6 nitrogen and oxygen atoms in total. The van der Waals surface area contributed by atoms with E-state index in [1.54, 1.807) is 0 Å². The molecule has 2 aliphatic heterocycles. The number of nitrogens with zero attached hydrogens (tertiary/aromatic N) is 3. The van der Waals surface area contributed by atoms with E-state index >= 15 is 0 Å². The van der Waals surface area contributed by atoms with Gasteiger partial charge < -0.3 is 20.3 Å². The van der Waals surface area contributed by atoms with E-state index in [1.807, 2.05) is 24.3 Å². The zero-order valence-corrected chi connectivity index (χ0v) is 17.1. The predicted octanol–water partition coefficient (Wildman–Crippen LogP) is 4.24. The van der Waals surface area contributed by atoms with Crippen LogP contribution in [0.15, 0.2) is 42.6 Å². The van der Waals surface area contributed by atoms with Crippen molar-refractivity contribution in [1.82, 2.24) is 15.3 Å². The molecule has 0 atom stereocenters. The van der Waals surface area contributed by atoms with Gasteiger partial charge in [-0.25, -0.2) is 14.4 Å². The number of hydrogen-bond donors (Lipinski definition) is 2. The number of anilines is 3. The van der Waals surface area contributed by atoms with Crippen molar-refractivity contribution in [2.45, 2.75) is 33.0 Å². The number of aromatic nitrogens is 2. The molecule has 5 rings (SSSR count). The first-order chi connectivity index (χ1) is 14.6. The van der Waals surface area contributed by atoms with E-state index in [1.165, 1.54) is 17.3 Å². The average Bonchev–Trinajstić information content (AvgIpc) is 3.22. The van der Waals surface area contributed by atoms with Crippen molar-refractivity contribution < 1.29 is 9.13 Å². The summed E-state index contributed by atoms with van der Waals surface area (Å²) >= 11 is 0. The molecule has 3 aromatic rings. The number of halogens is 1. The highest BCUT2D eigenvalue weighted by Gasteiger charge is 2.22. The fourth-order valence-electron chi connectivity index (χ4n) is 4.05. The van der Waals surface area contributed by atoms with Crippen LogP contribution < -0.4 is 20.3 Å². The maximum absolute atomic E-state index is 14.7. The maximum Gasteiger partial charge on any atom is 0.227 e. The third-order valence-corrected chi connectivity index (χ3v) is 5.59. The Hall–Kier alpha value is -3.19. The van der Waals surface area contributed by atoms with Gasteiger partial charge in [0.05, 0.1) is 18.4 Å². The molecule has 2 aromatic carbocycles. The first-order valence-corrected chi connectivity index (χ1v) is 10.2. The largest absolute Gasteiger partial charge is 0.490 e. The second kappa shape index (κ2) is 7.57. The summed E-state index contributed by atoms with van der Waals surface area (Å²) in [6, 6.07) is 12.2. The molecule has 2 aliphatic rings. The molecular weight excluding hydrogens is 381 g/mol. The minimum Gasteiger partial charge on any atom is -0.490 e. The van der Waals surface area contributed by atoms with Gasteiger partial charge in [0, 0.05) is 30.4 Å². The van der Waals surface area contributed by atoms with Crippen LogP contribution in [-0.2, 0) is 13.1 Å². The average molecular weight is 405 g/mol. The molecule has 7 heteroatoms. The number of nitrogens with one attached hydrogen (secondary N) is 2. The fourth-order valence-corrected chi connectivity index (χ4v) is 4.05. The molecule has 0 aliphatic carbocycles. The smallest absolute Gasteiger partial charge is 0.227 e. The van der Waals surface area contributed by atoms with Crippen molar-refractivity contribution in [2.24, 2.45) is 0 Å². The Kier molecular flexibility index (Phi) is 4.75. The Labute approximate surface area is 175 Å². The molecule has 0 saturated carbocycles. The lowest BCUT2D eigenvalue weighted by Crippen LogP contribution is -2.37. The molecule has 0 fully saturated rings. The summed E-state index contributed by atoms with van der Waals surface area (Å²) in [6.07, 6.45) is 1.22. The molecule has 30 heavy (non-hydrogen) atoms. The second-order valence-electron chi connectivity index (χ2n) is 7.92. The number of benzene rings is 2. The van der Waals surface area contributed by atoms with E-state index in [9.17, 15) is 4.39 Å². The minimum atomic E-state index is -0.452. The van der Waals surface area contributed by atoms with Crippen molar-refractivity contribution in [1.29, 1.82) is 0 Å². The normalized spacial score (nSPS) is 15.0. The van der Waals surface area contributed by atoms with E-state index in [2.05, 4.69) is 51.5 Å². The van der Waals surface area contributed by atoms with Gasteiger partial charge >= 0.3 is 0 Å². The molecule has 3 heterocycles. The predicted molar refractivity (Wildman–Crippen MR) is 116 cm³/mol. The Morgan fingerprint density at radius 1 is 1.13 bits per heavy atom. The van der Waals surface area contributed by atoms with Gasteiger partial charge in [-0.15, -0.1) is 0 Å². The first-order valence-electron chi connectivity index (χ1n) is 10.2. The van der Waals surface area contributed by atoms with Gasteiger partial charge in [0.15, 0.2) is 5.82 Å². The zero-order valence-electron chi connectivity index (χ0n) is 17.1. The van der Waals surface area contributed by atoms with Crippen LogP contribution in [0, 0.1) is 5.82 Å². The van der Waals surface area contributed by atoms with Crippen LogP contribution in [0.4, 0.5) is 21.7 Å². The Morgan fingerprint density at radius 2 is 2.00 bits per heavy atom. The van der Waals surface area contributed by atoms with E-state index in [-0.39, 0.29) is 5.69 Å². The van der Waals surface area contributed by atoms with E-state index in [0.29, 0.717) is 24.2 Å². The Morgan fingerprint density at radius 3 is 2.87 bits per heavy atom. The monoisotopic (exact) mass is 405 g/mol. The van der Waals surface area contributed by atoms with Gasteiger partial charge in [-0.05, 0) is 55.3 Å². The molecule has 0 bridgehead atoms. The van der Waals surface area contributed by atoms with Crippen LogP contribution in [0.5, 0.6) is 5.75 Å². The lowest BCUT2D eigenvalue weighted by Gasteiger charge is -2.34. The van der Waals surface area contributed by atoms with Crippen LogP contribution in [0.2, 0.25) is 0 Å². The van der Waals surface area contributed by atoms with E-state index in [4.69, 9.17) is 4.74 Å². The van der Waals surface area contributed by atoms with Gasteiger partial charge in [-0.2, -0.15) is 0 Å². The van der Waals surface area contributed by atoms with Crippen molar-refractivity contribution in [3.8, 4) is 17.0 Å². The second-order valence-corrected chi connectivity index (χ2v) is 7.92. The number of fused-ring (bicyclic) bond motifs is 2. The van der Waals surface area contributed by atoms with Gasteiger partial charge in [0.25, 0.3) is 0 Å². The molecule has 2 N–H and O–H groups in total. The van der Waals surface area contributed by atoms with E-state index in [0.717, 1.165) is 36.8 Å². The molecule has 0 spiro atoms. The van der Waals surface area contributed by atoms with Crippen molar-refractivity contribution in [3.63, 3.8) is 0 Å². The number of ether oxygens (including phenoxy) is 1. The van der Waals surface area contributed by atoms with Gasteiger partial charge in [0.2, 0.25) is 5.95 Å². The van der Waals surface area contributed by atoms with Crippen molar-refractivity contribution in [3.05, 3.63) is 59.5 Å². The summed E-state index contributed by atoms with van der Waals surface area (Å²) < 4.78 is 20.4. The molecule has 0 amide bonds. The van der Waals surface area contributed by atoms with Crippen LogP contribution in [-0.4, -0.2) is 29.2 Å². The molecule has 0 radical (unpaired) electrons. The van der Waals surface area contributed by atoms with Gasteiger partial charge in [-0.1, -0.05) is 6.07 Å². The number of hydrogen-bond acceptors (Lipinski definition) is 6. The summed E-state index contributed by atoms with van der Waals surface area (Å²) in [5, 5.41) is 6.54. The lowest BCUT2D eigenvalue weighted by molar-refractivity contribution is 0.303. The Balaban J connectivity index is 1.47. The van der Waals surface area contributed by atoms with Crippen molar-refractivity contribution in [2.75, 3.05) is 23.4 Å². The summed E-state index contributed by atoms with van der Waals surface area (Å²) in [5.41, 5.74) is 5.38. The Bertz CT molecular complexity index is 1100. The number of rotatable bonds is 4. The van der Waals surface area contributed by atoms with Crippen LogP contribution >= 0.6 is 0 Å². The van der Waals surface area contributed by atoms with Crippen LogP contribution in [0.25, 0.3) is 11.3 Å². The highest BCUT2D eigenvalue weighted by Crippen LogP contribution is 2.37. The third-order valence-electron chi connectivity index (χ3n) is 5.59. The fraction of sp³-hybridized carbons (Fsp3) is 0.304. The van der Waals surface area contributed by atoms with Crippen LogP contribution in [0.3, 0.4) is 0 Å². The molecule has 154 valence electrons. The minimum absolute atomic E-state index is 0.271. The molecule has 0 saturated heterocycles. The van der Waals surface area contributed by atoms with Crippen molar-refractivity contribution >= 4 is 17.3 Å². The molecular formula is C23H24FN5O. The summed E-state index contributed by atoms with van der Waals surface area (Å²) in [5.74, 6) is 0.733.